The van der Waals surface area contributed by atoms with Crippen LogP contribution in [0, 0.1) is 11.8 Å². The van der Waals surface area contributed by atoms with Gasteiger partial charge in [0.15, 0.2) is 0 Å². The number of anilines is 2. The lowest BCUT2D eigenvalue weighted by atomic mass is 10.1. The van der Waals surface area contributed by atoms with Gasteiger partial charge in [0.2, 0.25) is 0 Å². The first-order valence-corrected chi connectivity index (χ1v) is 11.2. The molecule has 35 heavy (non-hydrogen) atoms. The molecule has 7 nitrogen and oxygen atoms in total. The van der Waals surface area contributed by atoms with E-state index in [1.54, 1.807) is 67.8 Å². The lowest BCUT2D eigenvalue weighted by Gasteiger charge is -2.11. The van der Waals surface area contributed by atoms with E-state index in [0.29, 0.717) is 28.6 Å². The molecule has 2 heterocycles. The van der Waals surface area contributed by atoms with Crippen LogP contribution < -0.4 is 15.4 Å². The molecule has 0 spiro atoms. The van der Waals surface area contributed by atoms with Gasteiger partial charge in [-0.3, -0.25) is 14.6 Å². The van der Waals surface area contributed by atoms with E-state index in [1.807, 2.05) is 12.1 Å². The number of nitrogens with zero attached hydrogens (tertiary/aromatic N) is 2. The first-order valence-electron chi connectivity index (χ1n) is 11.2. The summed E-state index contributed by atoms with van der Waals surface area (Å²) in [5.41, 5.74) is 2.93. The number of hydrogen-bond donors (Lipinski definition) is 2. The third kappa shape index (κ3) is 6.01. The molecule has 0 aliphatic rings. The van der Waals surface area contributed by atoms with Crippen LogP contribution in [0.4, 0.5) is 11.5 Å². The van der Waals surface area contributed by atoms with Crippen molar-refractivity contribution in [1.29, 1.82) is 0 Å². The topological polar surface area (TPSA) is 93.2 Å². The van der Waals surface area contributed by atoms with Crippen molar-refractivity contribution in [2.45, 2.75) is 26.7 Å². The predicted octanol–water partition coefficient (Wildman–Crippen LogP) is 5.59. The van der Waals surface area contributed by atoms with Crippen LogP contribution in [0.3, 0.4) is 0 Å². The van der Waals surface area contributed by atoms with Crippen molar-refractivity contribution in [3.05, 3.63) is 84.2 Å². The van der Waals surface area contributed by atoms with Gasteiger partial charge in [-0.15, -0.1) is 0 Å². The van der Waals surface area contributed by atoms with E-state index >= 15 is 0 Å². The van der Waals surface area contributed by atoms with Crippen molar-refractivity contribution in [1.82, 2.24) is 9.97 Å². The number of benzene rings is 2. The molecule has 4 rings (SSSR count). The number of hydrogen-bond acceptors (Lipinski definition) is 5. The van der Waals surface area contributed by atoms with Crippen LogP contribution in [0.5, 0.6) is 11.5 Å². The Labute approximate surface area is 203 Å². The summed E-state index contributed by atoms with van der Waals surface area (Å²) in [6.45, 7) is 3.71. The molecule has 2 aromatic carbocycles. The van der Waals surface area contributed by atoms with E-state index in [4.69, 9.17) is 4.74 Å². The molecule has 0 aliphatic carbocycles. The van der Waals surface area contributed by atoms with Crippen LogP contribution in [0.15, 0.2) is 73.1 Å². The van der Waals surface area contributed by atoms with Gasteiger partial charge in [-0.25, -0.2) is 4.98 Å². The monoisotopic (exact) mass is 464 g/mol. The Morgan fingerprint density at radius 3 is 2.51 bits per heavy atom. The van der Waals surface area contributed by atoms with E-state index < -0.39 is 0 Å². The molecule has 0 fully saturated rings. The lowest BCUT2D eigenvalue weighted by Crippen LogP contribution is -2.13. The highest BCUT2D eigenvalue weighted by Gasteiger charge is 2.10. The van der Waals surface area contributed by atoms with Crippen molar-refractivity contribution in [2.75, 3.05) is 10.6 Å². The maximum atomic E-state index is 12.7. The minimum atomic E-state index is -0.389. The van der Waals surface area contributed by atoms with Crippen molar-refractivity contribution in [3.8, 4) is 23.3 Å². The number of amides is 2. The zero-order valence-corrected chi connectivity index (χ0v) is 19.5. The Kier molecular flexibility index (Phi) is 7.34. The quantitative estimate of drug-likeness (QED) is 0.348. The minimum Gasteiger partial charge on any atom is -0.457 e. The summed E-state index contributed by atoms with van der Waals surface area (Å²) in [7, 11) is 0. The molecule has 174 valence electrons. The van der Waals surface area contributed by atoms with Crippen molar-refractivity contribution >= 4 is 34.2 Å². The van der Waals surface area contributed by atoms with Crippen LogP contribution in [-0.2, 0) is 11.2 Å². The summed E-state index contributed by atoms with van der Waals surface area (Å²) < 4.78 is 6.07. The molecule has 2 aromatic heterocycles. The zero-order valence-electron chi connectivity index (χ0n) is 19.5. The first kappa shape index (κ1) is 23.5. The summed E-state index contributed by atoms with van der Waals surface area (Å²) in [5.74, 6) is 6.04. The van der Waals surface area contributed by atoms with Gasteiger partial charge < -0.3 is 15.4 Å². The van der Waals surface area contributed by atoms with Gasteiger partial charge in [-0.1, -0.05) is 19.3 Å². The lowest BCUT2D eigenvalue weighted by molar-refractivity contribution is -0.111. The fraction of sp³-hybridized carbons (Fsp3) is 0.143. The Balaban J connectivity index is 1.49. The third-order valence-corrected chi connectivity index (χ3v) is 5.15. The number of ether oxygens (including phenoxy) is 1. The molecule has 0 saturated heterocycles. The summed E-state index contributed by atoms with van der Waals surface area (Å²) in [6.07, 6.45) is 5.31. The molecular formula is C28H24N4O3. The standard InChI is InChI=1S/C28H24N4O3/c1-3-5-19-13-15-30-26(17-19)32-28(34)20-7-10-22(11-8-20)35-25-14-16-29-24-12-9-21(18-23(24)25)31-27(33)6-4-2/h7-18H,3,5H2,1-2H3,(H,31,33)(H,30,32,34). The van der Waals surface area contributed by atoms with Gasteiger partial charge in [0.1, 0.15) is 17.3 Å². The van der Waals surface area contributed by atoms with E-state index in [-0.39, 0.29) is 11.8 Å². The van der Waals surface area contributed by atoms with Crippen LogP contribution in [0.25, 0.3) is 10.9 Å². The summed E-state index contributed by atoms with van der Waals surface area (Å²) in [6, 6.07) is 17.8. The Bertz CT molecular complexity index is 1440. The molecule has 4 aromatic rings. The first-order chi connectivity index (χ1) is 17.1. The normalized spacial score (nSPS) is 10.2. The van der Waals surface area contributed by atoms with Crippen LogP contribution in [-0.4, -0.2) is 21.8 Å². The second kappa shape index (κ2) is 10.9. The van der Waals surface area contributed by atoms with E-state index in [1.165, 1.54) is 0 Å². The average molecular weight is 465 g/mol. The van der Waals surface area contributed by atoms with Gasteiger partial charge >= 0.3 is 0 Å². The third-order valence-electron chi connectivity index (χ3n) is 5.15. The molecule has 0 bridgehead atoms. The molecular weight excluding hydrogens is 440 g/mol. The fourth-order valence-corrected chi connectivity index (χ4v) is 3.54. The van der Waals surface area contributed by atoms with Gasteiger partial charge in [0.05, 0.1) is 5.52 Å². The van der Waals surface area contributed by atoms with E-state index in [0.717, 1.165) is 29.3 Å². The maximum Gasteiger partial charge on any atom is 0.300 e. The number of pyridine rings is 2. The molecule has 2 N–H and O–H groups in total. The van der Waals surface area contributed by atoms with Crippen LogP contribution in [0.1, 0.15) is 36.2 Å². The number of carbonyl (C=O) groups excluding carboxylic acids is 2. The second-order valence-electron chi connectivity index (χ2n) is 7.75. The molecule has 7 heteroatoms. The zero-order chi connectivity index (χ0) is 24.6. The van der Waals surface area contributed by atoms with E-state index in [2.05, 4.69) is 39.4 Å². The molecule has 0 aliphatic heterocycles. The van der Waals surface area contributed by atoms with Crippen molar-refractivity contribution in [3.63, 3.8) is 0 Å². The summed E-state index contributed by atoms with van der Waals surface area (Å²) in [4.78, 5) is 33.0. The average Bonchev–Trinajstić information content (AvgIpc) is 2.85. The highest BCUT2D eigenvalue weighted by atomic mass is 16.5. The summed E-state index contributed by atoms with van der Waals surface area (Å²) >= 11 is 0. The fourth-order valence-electron chi connectivity index (χ4n) is 3.54. The highest BCUT2D eigenvalue weighted by Crippen LogP contribution is 2.31. The molecule has 0 saturated carbocycles. The SMILES string of the molecule is CC#CC(=O)Nc1ccc2nccc(Oc3ccc(C(=O)Nc4cc(CCC)ccn4)cc3)c2c1. The Hall–Kier alpha value is -4.70. The number of fused-ring (bicyclic) bond motifs is 1. The van der Waals surface area contributed by atoms with Gasteiger partial charge in [-0.05, 0) is 85.5 Å². The Morgan fingerprint density at radius 1 is 0.943 bits per heavy atom. The molecule has 0 atom stereocenters. The van der Waals surface area contributed by atoms with Crippen molar-refractivity contribution in [2.24, 2.45) is 0 Å². The van der Waals surface area contributed by atoms with Crippen LogP contribution in [0.2, 0.25) is 0 Å². The Morgan fingerprint density at radius 2 is 1.74 bits per heavy atom. The number of carbonyl (C=O) groups is 2. The summed E-state index contributed by atoms with van der Waals surface area (Å²) in [5, 5.41) is 6.30. The molecule has 0 radical (unpaired) electrons. The van der Waals surface area contributed by atoms with Gasteiger partial charge in [0, 0.05) is 29.0 Å². The largest absolute Gasteiger partial charge is 0.457 e. The van der Waals surface area contributed by atoms with Crippen molar-refractivity contribution < 1.29 is 14.3 Å². The highest BCUT2D eigenvalue weighted by molar-refractivity contribution is 6.05. The second-order valence-corrected chi connectivity index (χ2v) is 7.75. The minimum absolute atomic E-state index is 0.248. The van der Waals surface area contributed by atoms with Crippen LogP contribution >= 0.6 is 0 Å². The van der Waals surface area contributed by atoms with Gasteiger partial charge in [0.25, 0.3) is 11.8 Å². The number of aromatic nitrogens is 2. The smallest absolute Gasteiger partial charge is 0.300 e. The number of rotatable bonds is 7. The number of aryl methyl sites for hydroxylation is 1. The molecule has 2 amide bonds. The maximum absolute atomic E-state index is 12.7. The predicted molar refractivity (Wildman–Crippen MR) is 137 cm³/mol. The number of nitrogens with one attached hydrogen (secondary N) is 2. The van der Waals surface area contributed by atoms with Gasteiger partial charge in [-0.2, -0.15) is 0 Å². The molecule has 0 unspecified atom stereocenters. The van der Waals surface area contributed by atoms with E-state index in [9.17, 15) is 9.59 Å².